The third-order valence-electron chi connectivity index (χ3n) is 3.72. The van der Waals surface area contributed by atoms with Gasteiger partial charge in [-0.2, -0.15) is 0 Å². The lowest BCUT2D eigenvalue weighted by Gasteiger charge is -2.27. The highest BCUT2D eigenvalue weighted by Crippen LogP contribution is 2.25. The van der Waals surface area contributed by atoms with Gasteiger partial charge in [0.05, 0.1) is 6.61 Å². The lowest BCUT2D eigenvalue weighted by molar-refractivity contribution is -0.138. The van der Waals surface area contributed by atoms with Gasteiger partial charge in [0, 0.05) is 11.6 Å². The van der Waals surface area contributed by atoms with Gasteiger partial charge < -0.3 is 15.1 Å². The number of aliphatic hydroxyl groups excluding tert-OH is 1. The van der Waals surface area contributed by atoms with Crippen LogP contribution in [0.1, 0.15) is 41.6 Å². The molecule has 1 aliphatic carbocycles. The van der Waals surface area contributed by atoms with Crippen molar-refractivity contribution in [2.45, 2.75) is 38.3 Å². The van der Waals surface area contributed by atoms with Crippen molar-refractivity contribution >= 4 is 11.9 Å². The first-order valence-electron chi connectivity index (χ1n) is 6.84. The molecular weight excluding hydrogens is 258 g/mol. The van der Waals surface area contributed by atoms with Crippen molar-refractivity contribution in [3.8, 4) is 0 Å². The van der Waals surface area contributed by atoms with Gasteiger partial charge >= 0.3 is 5.97 Å². The van der Waals surface area contributed by atoms with Crippen molar-refractivity contribution < 1.29 is 19.8 Å². The van der Waals surface area contributed by atoms with Crippen LogP contribution >= 0.6 is 0 Å². The van der Waals surface area contributed by atoms with Crippen molar-refractivity contribution in [1.29, 1.82) is 0 Å². The van der Waals surface area contributed by atoms with Crippen molar-refractivity contribution in [2.24, 2.45) is 0 Å². The highest BCUT2D eigenvalue weighted by molar-refractivity contribution is 5.96. The molecule has 108 valence electrons. The number of hydrogen-bond acceptors (Lipinski definition) is 3. The first kappa shape index (κ1) is 14.5. The van der Waals surface area contributed by atoms with E-state index in [9.17, 15) is 9.59 Å². The molecule has 0 aromatic heterocycles. The van der Waals surface area contributed by atoms with Gasteiger partial charge in [0.1, 0.15) is 6.54 Å². The number of aliphatic carboxylic acids is 1. The van der Waals surface area contributed by atoms with E-state index in [0.717, 1.165) is 31.2 Å². The Morgan fingerprint density at radius 1 is 1.15 bits per heavy atom. The van der Waals surface area contributed by atoms with Gasteiger partial charge in [0.2, 0.25) is 0 Å². The maximum atomic E-state index is 12.5. The number of carboxylic acids is 1. The van der Waals surface area contributed by atoms with Crippen LogP contribution in [0.3, 0.4) is 0 Å². The number of rotatable bonds is 5. The molecule has 5 nitrogen and oxygen atoms in total. The maximum absolute atomic E-state index is 12.5. The predicted octanol–water partition coefficient (Wildman–Crippen LogP) is 1.65. The number of carboxylic acid groups (broad SMARTS) is 1. The van der Waals surface area contributed by atoms with E-state index in [1.54, 1.807) is 24.3 Å². The largest absolute Gasteiger partial charge is 0.480 e. The molecule has 0 heterocycles. The summed E-state index contributed by atoms with van der Waals surface area (Å²) >= 11 is 0. The number of aliphatic hydroxyl groups is 1. The maximum Gasteiger partial charge on any atom is 0.323 e. The number of amides is 1. The second-order valence-electron chi connectivity index (χ2n) is 5.12. The standard InChI is InChI=1S/C15H19NO4/c17-10-11-5-7-12(8-6-11)15(20)16(9-14(18)19)13-3-1-2-4-13/h5-8,13,17H,1-4,9-10H2,(H,18,19). The average molecular weight is 277 g/mol. The van der Waals surface area contributed by atoms with E-state index in [1.807, 2.05) is 0 Å². The molecule has 0 bridgehead atoms. The molecule has 1 fully saturated rings. The van der Waals surface area contributed by atoms with Gasteiger partial charge in [-0.25, -0.2) is 0 Å². The van der Waals surface area contributed by atoms with E-state index >= 15 is 0 Å². The van der Waals surface area contributed by atoms with E-state index in [1.165, 1.54) is 4.90 Å². The predicted molar refractivity (Wildman–Crippen MR) is 73.3 cm³/mol. The quantitative estimate of drug-likeness (QED) is 0.857. The summed E-state index contributed by atoms with van der Waals surface area (Å²) in [6.45, 7) is -0.332. The molecule has 1 aliphatic rings. The van der Waals surface area contributed by atoms with Crippen LogP contribution < -0.4 is 0 Å². The Balaban J connectivity index is 2.17. The molecule has 1 aromatic carbocycles. The zero-order valence-electron chi connectivity index (χ0n) is 11.3. The van der Waals surface area contributed by atoms with Crippen LogP contribution in [0.4, 0.5) is 0 Å². The summed E-state index contributed by atoms with van der Waals surface area (Å²) in [4.78, 5) is 24.9. The van der Waals surface area contributed by atoms with Gasteiger partial charge in [-0.05, 0) is 30.5 Å². The summed E-state index contributed by atoms with van der Waals surface area (Å²) in [5, 5.41) is 18.0. The Morgan fingerprint density at radius 3 is 2.25 bits per heavy atom. The Labute approximate surface area is 117 Å². The first-order valence-corrected chi connectivity index (χ1v) is 6.84. The van der Waals surface area contributed by atoms with E-state index < -0.39 is 5.97 Å². The van der Waals surface area contributed by atoms with E-state index in [0.29, 0.717) is 5.56 Å². The fraction of sp³-hybridized carbons (Fsp3) is 0.467. The molecule has 2 N–H and O–H groups in total. The third kappa shape index (κ3) is 3.36. The molecule has 0 saturated heterocycles. The van der Waals surface area contributed by atoms with Gasteiger partial charge in [-0.15, -0.1) is 0 Å². The zero-order valence-corrected chi connectivity index (χ0v) is 11.3. The summed E-state index contributed by atoms with van der Waals surface area (Å²) in [6.07, 6.45) is 3.82. The Kier molecular flexibility index (Phi) is 4.74. The summed E-state index contributed by atoms with van der Waals surface area (Å²) in [5.74, 6) is -1.24. The van der Waals surface area contributed by atoms with E-state index in [-0.39, 0.29) is 25.1 Å². The molecule has 1 saturated carbocycles. The van der Waals surface area contributed by atoms with Crippen LogP contribution in [-0.2, 0) is 11.4 Å². The minimum absolute atomic E-state index is 0.0242. The fourth-order valence-electron chi connectivity index (χ4n) is 2.65. The fourth-order valence-corrected chi connectivity index (χ4v) is 2.65. The first-order chi connectivity index (χ1) is 9.61. The van der Waals surface area contributed by atoms with Gasteiger partial charge in [0.15, 0.2) is 0 Å². The second kappa shape index (κ2) is 6.52. The SMILES string of the molecule is O=C(O)CN(C(=O)c1ccc(CO)cc1)C1CCCC1. The van der Waals surface area contributed by atoms with Gasteiger partial charge in [-0.3, -0.25) is 9.59 Å². The van der Waals surface area contributed by atoms with Crippen molar-refractivity contribution in [1.82, 2.24) is 4.90 Å². The van der Waals surface area contributed by atoms with Gasteiger partial charge in [-0.1, -0.05) is 25.0 Å². The van der Waals surface area contributed by atoms with Crippen molar-refractivity contribution in [2.75, 3.05) is 6.54 Å². The Bertz CT molecular complexity index is 477. The number of hydrogen-bond donors (Lipinski definition) is 2. The van der Waals surface area contributed by atoms with Crippen LogP contribution in [0.2, 0.25) is 0 Å². The number of benzene rings is 1. The molecule has 0 unspecified atom stereocenters. The van der Waals surface area contributed by atoms with Crippen LogP contribution in [0.15, 0.2) is 24.3 Å². The summed E-state index contributed by atoms with van der Waals surface area (Å²) < 4.78 is 0. The lowest BCUT2D eigenvalue weighted by atomic mass is 10.1. The van der Waals surface area contributed by atoms with Crippen LogP contribution in [0, 0.1) is 0 Å². The normalized spacial score (nSPS) is 15.2. The molecule has 0 radical (unpaired) electrons. The van der Waals surface area contributed by atoms with Crippen LogP contribution in [-0.4, -0.2) is 39.6 Å². The van der Waals surface area contributed by atoms with Gasteiger partial charge in [0.25, 0.3) is 5.91 Å². The minimum atomic E-state index is -0.989. The molecule has 2 rings (SSSR count). The smallest absolute Gasteiger partial charge is 0.323 e. The summed E-state index contributed by atoms with van der Waals surface area (Å²) in [7, 11) is 0. The van der Waals surface area contributed by atoms with E-state index in [4.69, 9.17) is 10.2 Å². The van der Waals surface area contributed by atoms with Crippen LogP contribution in [0.5, 0.6) is 0 Å². The molecule has 1 amide bonds. The summed E-state index contributed by atoms with van der Waals surface area (Å²) in [5.41, 5.74) is 1.20. The summed E-state index contributed by atoms with van der Waals surface area (Å²) in [6, 6.07) is 6.66. The number of carbonyl (C=O) groups is 2. The molecule has 1 aromatic rings. The topological polar surface area (TPSA) is 77.8 Å². The lowest BCUT2D eigenvalue weighted by Crippen LogP contribution is -2.42. The molecule has 0 atom stereocenters. The Hall–Kier alpha value is -1.88. The van der Waals surface area contributed by atoms with Crippen LogP contribution in [0.25, 0.3) is 0 Å². The van der Waals surface area contributed by atoms with Crippen molar-refractivity contribution in [3.05, 3.63) is 35.4 Å². The monoisotopic (exact) mass is 277 g/mol. The molecule has 5 heteroatoms. The number of carbonyl (C=O) groups excluding carboxylic acids is 1. The third-order valence-corrected chi connectivity index (χ3v) is 3.72. The zero-order chi connectivity index (χ0) is 14.5. The highest BCUT2D eigenvalue weighted by Gasteiger charge is 2.28. The molecule has 0 aliphatic heterocycles. The Morgan fingerprint density at radius 2 is 1.75 bits per heavy atom. The minimum Gasteiger partial charge on any atom is -0.480 e. The highest BCUT2D eigenvalue weighted by atomic mass is 16.4. The van der Waals surface area contributed by atoms with E-state index in [2.05, 4.69) is 0 Å². The molecule has 0 spiro atoms. The average Bonchev–Trinajstić information content (AvgIpc) is 2.98. The molecular formula is C15H19NO4. The second-order valence-corrected chi connectivity index (χ2v) is 5.12. The number of nitrogens with zero attached hydrogens (tertiary/aromatic N) is 1. The van der Waals surface area contributed by atoms with Crippen molar-refractivity contribution in [3.63, 3.8) is 0 Å². The molecule has 20 heavy (non-hydrogen) atoms.